The fourth-order valence-electron chi connectivity index (χ4n) is 10.6. The normalized spacial score (nSPS) is 39.7. The molecule has 0 aromatic rings. The third-order valence-corrected chi connectivity index (χ3v) is 14.5. The van der Waals surface area contributed by atoms with Crippen LogP contribution in [0.1, 0.15) is 150 Å². The Morgan fingerprint density at radius 1 is 0.459 bits per heavy atom. The van der Waals surface area contributed by atoms with E-state index in [1.807, 2.05) is 6.92 Å². The zero-order valence-electron chi connectivity index (χ0n) is 34.7. The van der Waals surface area contributed by atoms with Gasteiger partial charge in [0.2, 0.25) is 34.5 Å². The lowest BCUT2D eigenvalue weighted by atomic mass is 9.54. The Morgan fingerprint density at radius 2 is 0.770 bits per heavy atom. The fourth-order valence-corrected chi connectivity index (χ4v) is 10.6. The summed E-state index contributed by atoms with van der Waals surface area (Å²) in [5, 5.41) is 18.6. The molecule has 4 rings (SSSR count). The average Bonchev–Trinajstić information content (AvgIpc) is 3.18. The van der Waals surface area contributed by atoms with E-state index in [9.17, 15) is 33.0 Å². The Balaban J connectivity index is 0.000000325. The molecule has 0 heterocycles. The highest BCUT2D eigenvalue weighted by Gasteiger charge is 2.96. The van der Waals surface area contributed by atoms with Crippen molar-refractivity contribution in [1.29, 1.82) is 0 Å². The summed E-state index contributed by atoms with van der Waals surface area (Å²) >= 11 is 0. The summed E-state index contributed by atoms with van der Waals surface area (Å²) in [5.41, 5.74) is -19.2. The van der Waals surface area contributed by atoms with Crippen LogP contribution in [-0.4, -0.2) is 81.4 Å². The minimum atomic E-state index is -6.00. The van der Waals surface area contributed by atoms with Crippen LogP contribution < -0.4 is 0 Å². The molecule has 4 aliphatic rings. The first-order valence-electron chi connectivity index (χ1n) is 21.3. The Labute approximate surface area is 345 Å². The first-order valence-corrected chi connectivity index (χ1v) is 21.3. The number of alkyl halides is 16. The number of carboxylic acid groups (broad SMARTS) is 2. The third-order valence-electron chi connectivity index (χ3n) is 14.5. The van der Waals surface area contributed by atoms with Gasteiger partial charge in [0.05, 0.1) is 0 Å². The van der Waals surface area contributed by atoms with Crippen LogP contribution in [0.5, 0.6) is 0 Å². The number of unbranched alkanes of at least 4 members (excludes halogenated alkanes) is 4. The molecule has 0 aromatic carbocycles. The lowest BCUT2D eigenvalue weighted by Crippen LogP contribution is -2.82. The minimum Gasteiger partial charge on any atom is -0.480 e. The molecule has 0 aromatic heterocycles. The standard InChI is InChI=1S/C21H30F8O2.C20H28F8O2/c1-3-5-6-12-17(16(30)31)19(24,25)15(22)18(23,21(28,29)20(17,26)27)14-10-8-13(7-4-2)9-11-14;1-3-5-6-11-16(15(29)30)18(23,24)14(21)17(22,20(27,28)19(16,25)26)13-9-7-12(4-2)8-10-13/h13-15H,3-12H2,1-2H3,(H,30,31);12-14H,3-11H2,1-2H3,(H,29,30)/t;12?,13?,14-,16+,17-/m.0/s1. The molecule has 20 heteroatoms. The third kappa shape index (κ3) is 7.52. The summed E-state index contributed by atoms with van der Waals surface area (Å²) < 4.78 is 242. The minimum absolute atomic E-state index is 0.00620. The maximum Gasteiger partial charge on any atom is 0.348 e. The molecule has 0 bridgehead atoms. The van der Waals surface area contributed by atoms with Gasteiger partial charge in [0, 0.05) is 11.8 Å². The molecule has 61 heavy (non-hydrogen) atoms. The van der Waals surface area contributed by atoms with E-state index < -0.39 is 145 Å². The summed E-state index contributed by atoms with van der Waals surface area (Å²) in [4.78, 5) is 23.3. The summed E-state index contributed by atoms with van der Waals surface area (Å²) in [6, 6.07) is 0. The molecule has 4 nitrogen and oxygen atoms in total. The number of hydrogen-bond donors (Lipinski definition) is 2. The van der Waals surface area contributed by atoms with Crippen molar-refractivity contribution in [2.45, 2.75) is 209 Å². The number of carboxylic acids is 2. The average molecular weight is 919 g/mol. The van der Waals surface area contributed by atoms with Gasteiger partial charge >= 0.3 is 47.5 Å². The number of halogens is 16. The Morgan fingerprint density at radius 3 is 1.03 bits per heavy atom. The van der Waals surface area contributed by atoms with Gasteiger partial charge in [-0.3, -0.25) is 9.59 Å². The van der Waals surface area contributed by atoms with Gasteiger partial charge in [0.1, 0.15) is 0 Å². The molecule has 0 radical (unpaired) electrons. The zero-order chi connectivity index (χ0) is 47.1. The van der Waals surface area contributed by atoms with Crippen molar-refractivity contribution in [2.75, 3.05) is 0 Å². The smallest absolute Gasteiger partial charge is 0.348 e. The van der Waals surface area contributed by atoms with Crippen molar-refractivity contribution < 1.29 is 90.0 Å². The molecule has 0 saturated heterocycles. The van der Waals surface area contributed by atoms with Gasteiger partial charge in [-0.1, -0.05) is 111 Å². The fraction of sp³-hybridized carbons (Fsp3) is 0.951. The number of aliphatic carboxylic acids is 2. The van der Waals surface area contributed by atoms with Crippen LogP contribution in [0.25, 0.3) is 0 Å². The van der Waals surface area contributed by atoms with Gasteiger partial charge < -0.3 is 10.2 Å². The second kappa shape index (κ2) is 18.4. The Bertz CT molecular complexity index is 1500. The molecule has 358 valence electrons. The van der Waals surface area contributed by atoms with Crippen molar-refractivity contribution in [3.05, 3.63) is 0 Å². The van der Waals surface area contributed by atoms with E-state index in [0.717, 1.165) is 6.42 Å². The van der Waals surface area contributed by atoms with E-state index >= 15 is 57.1 Å². The quantitative estimate of drug-likeness (QED) is 0.127. The molecule has 4 fully saturated rings. The van der Waals surface area contributed by atoms with E-state index in [2.05, 4.69) is 0 Å². The molecule has 4 aliphatic carbocycles. The molecule has 0 amide bonds. The lowest BCUT2D eigenvalue weighted by molar-refractivity contribution is -0.415. The van der Waals surface area contributed by atoms with Crippen molar-refractivity contribution in [1.82, 2.24) is 0 Å². The highest BCUT2D eigenvalue weighted by molar-refractivity contribution is 5.79. The predicted octanol–water partition coefficient (Wildman–Crippen LogP) is 14.0. The van der Waals surface area contributed by atoms with Crippen molar-refractivity contribution in [2.24, 2.45) is 34.5 Å². The van der Waals surface area contributed by atoms with Gasteiger partial charge in [-0.25, -0.2) is 35.1 Å². The zero-order valence-corrected chi connectivity index (χ0v) is 34.7. The van der Waals surface area contributed by atoms with Crippen LogP contribution in [0.15, 0.2) is 0 Å². The van der Waals surface area contributed by atoms with Crippen molar-refractivity contribution in [3.8, 4) is 0 Å². The topological polar surface area (TPSA) is 74.6 Å². The second-order valence-electron chi connectivity index (χ2n) is 17.8. The van der Waals surface area contributed by atoms with Gasteiger partial charge in [-0.2, -0.15) is 35.1 Å². The number of hydrogen-bond acceptors (Lipinski definition) is 2. The molecule has 3 unspecified atom stereocenters. The SMILES string of the molecule is CCCCCC1(C(=O)O)C(F)(F)C(F)C(F)(C2CCC(CCC)CC2)C(F)(F)C1(F)F.CCCCC[C@@]1(C(=O)O)C(F)(F)[C@@H](F)[C@@](F)(C2CCC(CC)CC2)C(F)(F)C1(F)F. The van der Waals surface area contributed by atoms with Gasteiger partial charge in [0.25, 0.3) is 0 Å². The van der Waals surface area contributed by atoms with Crippen molar-refractivity contribution in [3.63, 3.8) is 0 Å². The highest BCUT2D eigenvalue weighted by Crippen LogP contribution is 2.72. The second-order valence-corrected chi connectivity index (χ2v) is 17.8. The summed E-state index contributed by atoms with van der Waals surface area (Å²) in [7, 11) is 0. The van der Waals surface area contributed by atoms with Gasteiger partial charge in [-0.05, 0) is 50.4 Å². The summed E-state index contributed by atoms with van der Waals surface area (Å²) in [5.74, 6) is -45.0. The van der Waals surface area contributed by atoms with E-state index in [0.29, 0.717) is 12.8 Å². The summed E-state index contributed by atoms with van der Waals surface area (Å²) in [6.07, 6.45) is -11.8. The monoisotopic (exact) mass is 918 g/mol. The van der Waals surface area contributed by atoms with E-state index in [-0.39, 0.29) is 63.2 Å². The van der Waals surface area contributed by atoms with Crippen LogP contribution in [-0.2, 0) is 9.59 Å². The molecule has 0 aliphatic heterocycles. The van der Waals surface area contributed by atoms with Crippen LogP contribution in [0.2, 0.25) is 0 Å². The maximum absolute atomic E-state index is 15.7. The summed E-state index contributed by atoms with van der Waals surface area (Å²) in [6.45, 7) is 6.75. The maximum atomic E-state index is 15.7. The molecular formula is C41H58F16O4. The van der Waals surface area contributed by atoms with Gasteiger partial charge in [-0.15, -0.1) is 0 Å². The lowest BCUT2D eigenvalue weighted by Gasteiger charge is -2.57. The van der Waals surface area contributed by atoms with Crippen LogP contribution in [0, 0.1) is 34.5 Å². The van der Waals surface area contributed by atoms with Crippen molar-refractivity contribution >= 4 is 11.9 Å². The molecule has 6 atom stereocenters. The van der Waals surface area contributed by atoms with Crippen LogP contribution >= 0.6 is 0 Å². The highest BCUT2D eigenvalue weighted by atomic mass is 19.3. The molecule has 0 spiro atoms. The molecular weight excluding hydrogens is 860 g/mol. The molecule has 2 N–H and O–H groups in total. The number of carbonyl (C=O) groups is 2. The Hall–Kier alpha value is -2.18. The van der Waals surface area contributed by atoms with Crippen LogP contribution in [0.3, 0.4) is 0 Å². The first kappa shape index (κ1) is 53.2. The van der Waals surface area contributed by atoms with Gasteiger partial charge in [0.15, 0.2) is 0 Å². The molecule has 4 saturated carbocycles. The van der Waals surface area contributed by atoms with E-state index in [1.54, 1.807) is 20.8 Å². The van der Waals surface area contributed by atoms with E-state index in [1.165, 1.54) is 0 Å². The van der Waals surface area contributed by atoms with E-state index in [4.69, 9.17) is 0 Å². The Kier molecular flexibility index (Phi) is 16.0. The predicted molar refractivity (Wildman–Crippen MR) is 192 cm³/mol. The first-order chi connectivity index (χ1) is 27.9. The largest absolute Gasteiger partial charge is 0.480 e. The van der Waals surface area contributed by atoms with Crippen LogP contribution in [0.4, 0.5) is 70.2 Å². The number of rotatable bonds is 15.